The quantitative estimate of drug-likeness (QED) is 0.551. The van der Waals surface area contributed by atoms with Crippen LogP contribution in [0.3, 0.4) is 0 Å². The summed E-state index contributed by atoms with van der Waals surface area (Å²) >= 11 is 3.84. The van der Waals surface area contributed by atoms with Crippen LogP contribution >= 0.6 is 23.5 Å². The van der Waals surface area contributed by atoms with Gasteiger partial charge in [-0.2, -0.15) is 0 Å². The molecule has 0 unspecified atom stereocenters. The van der Waals surface area contributed by atoms with Crippen molar-refractivity contribution in [2.75, 3.05) is 23.4 Å². The van der Waals surface area contributed by atoms with E-state index in [-0.39, 0.29) is 5.78 Å². The van der Waals surface area contributed by atoms with Crippen LogP contribution in [0.5, 0.6) is 0 Å². The molecule has 1 heterocycles. The van der Waals surface area contributed by atoms with Crippen LogP contribution in [0.2, 0.25) is 0 Å². The third-order valence-corrected chi connectivity index (χ3v) is 7.18. The Hall–Kier alpha value is -2.25. The molecule has 28 heavy (non-hydrogen) atoms. The Morgan fingerprint density at radius 1 is 1.04 bits per heavy atom. The van der Waals surface area contributed by atoms with Gasteiger partial charge in [0.1, 0.15) is 0 Å². The lowest BCUT2D eigenvalue weighted by Crippen LogP contribution is -2.22. The number of Topliss-reactive ketones (excluding diaryl/α,β-unsaturated/α-hetero) is 1. The summed E-state index contributed by atoms with van der Waals surface area (Å²) in [6, 6.07) is 14.1. The minimum atomic E-state index is -0.550. The van der Waals surface area contributed by atoms with Gasteiger partial charge in [0.2, 0.25) is 0 Å². The zero-order chi connectivity index (χ0) is 19.9. The number of hydrogen-bond acceptors (Lipinski definition) is 6. The molecule has 0 bridgehead atoms. The summed E-state index contributed by atoms with van der Waals surface area (Å²) in [6.07, 6.45) is 1.23. The molecule has 146 valence electrons. The van der Waals surface area contributed by atoms with Crippen LogP contribution in [0.25, 0.3) is 0 Å². The second kappa shape index (κ2) is 9.80. The van der Waals surface area contributed by atoms with Crippen molar-refractivity contribution in [3.05, 3.63) is 65.2 Å². The topological polar surface area (TPSA) is 72.5 Å². The number of ketones is 1. The minimum absolute atomic E-state index is 0.151. The van der Waals surface area contributed by atoms with Gasteiger partial charge in [-0.3, -0.25) is 9.59 Å². The van der Waals surface area contributed by atoms with E-state index in [0.29, 0.717) is 21.4 Å². The Morgan fingerprint density at radius 2 is 1.71 bits per heavy atom. The first-order chi connectivity index (χ1) is 13.5. The van der Waals surface area contributed by atoms with Crippen LogP contribution in [-0.2, 0) is 9.53 Å². The van der Waals surface area contributed by atoms with Gasteiger partial charge in [0.25, 0.3) is 5.91 Å². The average molecular weight is 416 g/mol. The maximum atomic E-state index is 12.2. The summed E-state index contributed by atoms with van der Waals surface area (Å²) in [5.74, 6) is 1.12. The first-order valence-corrected chi connectivity index (χ1v) is 11.0. The number of rotatable bonds is 6. The molecule has 1 saturated heterocycles. The highest BCUT2D eigenvalue weighted by molar-refractivity contribution is 8.16. The van der Waals surface area contributed by atoms with Crippen molar-refractivity contribution in [2.45, 2.75) is 17.9 Å². The van der Waals surface area contributed by atoms with E-state index in [0.717, 1.165) is 11.5 Å². The SMILES string of the molecule is CC(=O)c1ccccc1NC(=O)COC(=O)c1ccc(C2SCCCS2)cc1. The molecular weight excluding hydrogens is 394 g/mol. The lowest BCUT2D eigenvalue weighted by Gasteiger charge is -2.21. The molecule has 0 aromatic heterocycles. The van der Waals surface area contributed by atoms with E-state index < -0.39 is 18.5 Å². The van der Waals surface area contributed by atoms with Gasteiger partial charge in [-0.25, -0.2) is 4.79 Å². The summed E-state index contributed by atoms with van der Waals surface area (Å²) < 4.78 is 5.51. The molecule has 1 aliphatic heterocycles. The number of para-hydroxylation sites is 1. The Labute approximate surface area is 172 Å². The van der Waals surface area contributed by atoms with Crippen molar-refractivity contribution in [3.63, 3.8) is 0 Å². The number of esters is 1. The first-order valence-electron chi connectivity index (χ1n) is 8.94. The zero-order valence-corrected chi connectivity index (χ0v) is 17.1. The number of thioether (sulfide) groups is 2. The zero-order valence-electron chi connectivity index (χ0n) is 15.5. The Morgan fingerprint density at radius 3 is 2.39 bits per heavy atom. The summed E-state index contributed by atoms with van der Waals surface area (Å²) in [4.78, 5) is 35.9. The van der Waals surface area contributed by atoms with Gasteiger partial charge in [-0.05, 0) is 54.7 Å². The van der Waals surface area contributed by atoms with Crippen molar-refractivity contribution in [3.8, 4) is 0 Å². The highest BCUT2D eigenvalue weighted by Crippen LogP contribution is 2.43. The van der Waals surface area contributed by atoms with E-state index in [1.54, 1.807) is 36.4 Å². The molecule has 5 nitrogen and oxygen atoms in total. The number of hydrogen-bond donors (Lipinski definition) is 1. The molecule has 0 saturated carbocycles. The Kier molecular flexibility index (Phi) is 7.17. The molecule has 2 aromatic rings. The number of nitrogens with one attached hydrogen (secondary N) is 1. The lowest BCUT2D eigenvalue weighted by molar-refractivity contribution is -0.119. The molecule has 0 aliphatic carbocycles. The number of amides is 1. The van der Waals surface area contributed by atoms with Crippen LogP contribution in [0.4, 0.5) is 5.69 Å². The number of carbonyl (C=O) groups excluding carboxylic acids is 3. The lowest BCUT2D eigenvalue weighted by atomic mass is 10.1. The van der Waals surface area contributed by atoms with Gasteiger partial charge >= 0.3 is 5.97 Å². The molecule has 3 rings (SSSR count). The van der Waals surface area contributed by atoms with Gasteiger partial charge in [-0.1, -0.05) is 24.3 Å². The monoisotopic (exact) mass is 415 g/mol. The third kappa shape index (κ3) is 5.39. The predicted octanol–water partition coefficient (Wildman–Crippen LogP) is 4.55. The summed E-state index contributed by atoms with van der Waals surface area (Å²) in [7, 11) is 0. The molecule has 0 radical (unpaired) electrons. The Balaban J connectivity index is 1.53. The van der Waals surface area contributed by atoms with Crippen LogP contribution in [0.15, 0.2) is 48.5 Å². The highest BCUT2D eigenvalue weighted by Gasteiger charge is 2.18. The van der Waals surface area contributed by atoms with E-state index in [2.05, 4.69) is 5.32 Å². The van der Waals surface area contributed by atoms with Crippen LogP contribution < -0.4 is 5.32 Å². The summed E-state index contributed by atoms with van der Waals surface area (Å²) in [5, 5.41) is 2.61. The predicted molar refractivity (Wildman–Crippen MR) is 114 cm³/mol. The number of carbonyl (C=O) groups is 3. The van der Waals surface area contributed by atoms with E-state index >= 15 is 0 Å². The normalized spacial score (nSPS) is 14.3. The van der Waals surface area contributed by atoms with Crippen LogP contribution in [-0.4, -0.2) is 35.8 Å². The second-order valence-corrected chi connectivity index (χ2v) is 9.00. The highest BCUT2D eigenvalue weighted by atomic mass is 32.2. The van der Waals surface area contributed by atoms with Crippen LogP contribution in [0, 0.1) is 0 Å². The van der Waals surface area contributed by atoms with Gasteiger partial charge in [0.15, 0.2) is 12.4 Å². The fraction of sp³-hybridized carbons (Fsp3) is 0.286. The third-order valence-electron chi connectivity index (χ3n) is 4.16. The smallest absolute Gasteiger partial charge is 0.338 e. The maximum absolute atomic E-state index is 12.2. The molecule has 1 amide bonds. The maximum Gasteiger partial charge on any atom is 0.338 e. The number of ether oxygens (including phenoxy) is 1. The summed E-state index contributed by atoms with van der Waals surface area (Å²) in [6.45, 7) is 1.01. The average Bonchev–Trinajstić information content (AvgIpc) is 2.73. The van der Waals surface area contributed by atoms with Crippen molar-refractivity contribution < 1.29 is 19.1 Å². The van der Waals surface area contributed by atoms with Gasteiger partial charge in [-0.15, -0.1) is 23.5 Å². The standard InChI is InChI=1S/C21H21NO4S2/c1-14(23)17-5-2-3-6-18(17)22-19(24)13-26-20(25)15-7-9-16(10-8-15)21-27-11-4-12-28-21/h2-3,5-10,21H,4,11-13H2,1H3,(H,22,24). The fourth-order valence-electron chi connectivity index (χ4n) is 2.76. The van der Waals surface area contributed by atoms with Crippen molar-refractivity contribution in [2.24, 2.45) is 0 Å². The van der Waals surface area contributed by atoms with E-state index in [4.69, 9.17) is 4.74 Å². The van der Waals surface area contributed by atoms with Crippen molar-refractivity contribution in [1.82, 2.24) is 0 Å². The minimum Gasteiger partial charge on any atom is -0.452 e. The van der Waals surface area contributed by atoms with Crippen molar-refractivity contribution in [1.29, 1.82) is 0 Å². The number of benzene rings is 2. The molecule has 1 N–H and O–H groups in total. The van der Waals surface area contributed by atoms with Crippen LogP contribution in [0.1, 0.15) is 44.2 Å². The molecule has 2 aromatic carbocycles. The van der Waals surface area contributed by atoms with E-state index in [1.807, 2.05) is 35.7 Å². The van der Waals surface area contributed by atoms with E-state index in [9.17, 15) is 14.4 Å². The van der Waals surface area contributed by atoms with Gasteiger partial charge in [0, 0.05) is 5.56 Å². The molecular formula is C21H21NO4S2. The largest absolute Gasteiger partial charge is 0.452 e. The van der Waals surface area contributed by atoms with Gasteiger partial charge in [0.05, 0.1) is 15.8 Å². The molecule has 0 spiro atoms. The van der Waals surface area contributed by atoms with Crippen molar-refractivity contribution >= 4 is 46.9 Å². The Bertz CT molecular complexity index is 861. The van der Waals surface area contributed by atoms with Gasteiger partial charge < -0.3 is 10.1 Å². The molecule has 1 fully saturated rings. The van der Waals surface area contributed by atoms with E-state index in [1.165, 1.54) is 18.9 Å². The molecule has 1 aliphatic rings. The first kappa shape index (κ1) is 20.5. The molecule has 7 heteroatoms. The second-order valence-electron chi connectivity index (χ2n) is 6.28. The number of anilines is 1. The summed E-state index contributed by atoms with van der Waals surface area (Å²) in [5.41, 5.74) is 2.41. The molecule has 0 atom stereocenters. The fourth-order valence-corrected chi connectivity index (χ4v) is 5.65.